The molecule has 0 radical (unpaired) electrons. The van der Waals surface area contributed by atoms with Crippen LogP contribution in [-0.2, 0) is 0 Å². The van der Waals surface area contributed by atoms with Crippen molar-refractivity contribution < 1.29 is 0 Å². The van der Waals surface area contributed by atoms with Gasteiger partial charge in [-0.05, 0) is 27.1 Å². The number of hydrogen-bond acceptors (Lipinski definition) is 3. The predicted molar refractivity (Wildman–Crippen MR) is 60.2 cm³/mol. The molecule has 1 rings (SSSR count). The van der Waals surface area contributed by atoms with Crippen LogP contribution in [0.3, 0.4) is 0 Å². The molecule has 13 heavy (non-hydrogen) atoms. The molecule has 3 heteroatoms. The van der Waals surface area contributed by atoms with Crippen LogP contribution >= 0.6 is 11.8 Å². The minimum Gasteiger partial charge on any atom is -0.360 e. The molecule has 0 spiro atoms. The molecule has 0 aromatic rings. The van der Waals surface area contributed by atoms with Gasteiger partial charge in [-0.3, -0.25) is 4.90 Å². The summed E-state index contributed by atoms with van der Waals surface area (Å²) in [7, 11) is 4.12. The van der Waals surface area contributed by atoms with Crippen molar-refractivity contribution >= 4 is 11.8 Å². The van der Waals surface area contributed by atoms with E-state index in [-0.39, 0.29) is 0 Å². The molecular weight excluding hydrogens is 180 g/mol. The Kier molecular flexibility index (Phi) is 3.63. The van der Waals surface area contributed by atoms with E-state index in [0.717, 1.165) is 0 Å². The van der Waals surface area contributed by atoms with Crippen molar-refractivity contribution in [3.05, 3.63) is 35.4 Å². The van der Waals surface area contributed by atoms with Crippen LogP contribution in [0.25, 0.3) is 0 Å². The van der Waals surface area contributed by atoms with Crippen LogP contribution in [0.4, 0.5) is 0 Å². The van der Waals surface area contributed by atoms with Crippen molar-refractivity contribution in [3.8, 4) is 0 Å². The van der Waals surface area contributed by atoms with E-state index < -0.39 is 0 Å². The summed E-state index contributed by atoms with van der Waals surface area (Å²) in [4.78, 5) is 3.36. The summed E-state index contributed by atoms with van der Waals surface area (Å²) < 4.78 is 0. The van der Waals surface area contributed by atoms with Gasteiger partial charge in [-0.25, -0.2) is 0 Å². The molecule has 2 nitrogen and oxygen atoms in total. The molecule has 1 heterocycles. The van der Waals surface area contributed by atoms with E-state index in [4.69, 9.17) is 0 Å². The van der Waals surface area contributed by atoms with Crippen LogP contribution in [0.1, 0.15) is 6.92 Å². The zero-order valence-corrected chi connectivity index (χ0v) is 9.19. The minimum atomic E-state index is 0.333. The summed E-state index contributed by atoms with van der Waals surface area (Å²) in [5.74, 6) is 0. The fraction of sp³-hybridized carbons (Fsp3) is 0.400. The number of allylic oxidation sites excluding steroid dienone is 3. The van der Waals surface area contributed by atoms with Crippen molar-refractivity contribution in [3.63, 3.8) is 0 Å². The fourth-order valence-corrected chi connectivity index (χ4v) is 2.09. The number of nitrogens with one attached hydrogen (secondary N) is 1. The molecule has 0 amide bonds. The molecule has 0 fully saturated rings. The Balaban J connectivity index is 2.74. The van der Waals surface area contributed by atoms with E-state index in [9.17, 15) is 0 Å². The lowest BCUT2D eigenvalue weighted by molar-refractivity contribution is 0.359. The third-order valence-electron chi connectivity index (χ3n) is 1.77. The van der Waals surface area contributed by atoms with Gasteiger partial charge in [0.15, 0.2) is 0 Å². The van der Waals surface area contributed by atoms with Crippen molar-refractivity contribution in [1.82, 2.24) is 10.2 Å². The van der Waals surface area contributed by atoms with Gasteiger partial charge < -0.3 is 5.32 Å². The Morgan fingerprint density at radius 3 is 2.69 bits per heavy atom. The molecule has 1 aliphatic heterocycles. The maximum absolute atomic E-state index is 3.80. The van der Waals surface area contributed by atoms with E-state index in [1.54, 1.807) is 11.8 Å². The molecule has 1 atom stereocenters. The van der Waals surface area contributed by atoms with E-state index in [1.807, 2.05) is 19.1 Å². The molecule has 0 saturated heterocycles. The van der Waals surface area contributed by atoms with Gasteiger partial charge in [0, 0.05) is 10.6 Å². The van der Waals surface area contributed by atoms with Gasteiger partial charge in [-0.2, -0.15) is 0 Å². The number of nitrogens with zero attached hydrogens (tertiary/aromatic N) is 1. The molecule has 0 bridgehead atoms. The Morgan fingerprint density at radius 2 is 2.23 bits per heavy atom. The standard InChI is InChI=1S/C10H16N2S/c1-5-7-8-9(6-2)13-10(11-8)12(3)4/h5-7,10-11H,2H2,1,3-4H3/b7-5-. The van der Waals surface area contributed by atoms with Crippen LogP contribution < -0.4 is 5.32 Å². The molecule has 1 N–H and O–H groups in total. The van der Waals surface area contributed by atoms with Crippen LogP contribution in [-0.4, -0.2) is 24.5 Å². The Hall–Kier alpha value is -0.670. The van der Waals surface area contributed by atoms with Gasteiger partial charge in [-0.15, -0.1) is 0 Å². The minimum absolute atomic E-state index is 0.333. The van der Waals surface area contributed by atoms with Crippen molar-refractivity contribution in [2.75, 3.05) is 14.1 Å². The molecule has 1 aliphatic rings. The van der Waals surface area contributed by atoms with Gasteiger partial charge in [0.05, 0.1) is 0 Å². The zero-order chi connectivity index (χ0) is 9.84. The van der Waals surface area contributed by atoms with Gasteiger partial charge in [0.2, 0.25) is 0 Å². The fourth-order valence-electron chi connectivity index (χ4n) is 1.11. The normalized spacial score (nSPS) is 22.9. The number of thioether (sulfide) groups is 1. The zero-order valence-electron chi connectivity index (χ0n) is 8.37. The third-order valence-corrected chi connectivity index (χ3v) is 3.17. The third kappa shape index (κ3) is 2.39. The highest BCUT2D eigenvalue weighted by molar-refractivity contribution is 8.04. The summed E-state index contributed by atoms with van der Waals surface area (Å²) in [5, 5.41) is 3.40. The van der Waals surface area contributed by atoms with Crippen molar-refractivity contribution in [2.24, 2.45) is 0 Å². The average Bonchev–Trinajstić information content (AvgIpc) is 2.48. The van der Waals surface area contributed by atoms with Gasteiger partial charge in [-0.1, -0.05) is 30.5 Å². The first-order valence-corrected chi connectivity index (χ1v) is 5.16. The van der Waals surface area contributed by atoms with E-state index in [0.29, 0.717) is 5.50 Å². The topological polar surface area (TPSA) is 15.3 Å². The maximum Gasteiger partial charge on any atom is 0.132 e. The highest BCUT2D eigenvalue weighted by atomic mass is 32.2. The second-order valence-electron chi connectivity index (χ2n) is 3.06. The molecule has 0 aromatic carbocycles. The molecule has 0 aromatic heterocycles. The largest absolute Gasteiger partial charge is 0.360 e. The lowest BCUT2D eigenvalue weighted by Gasteiger charge is -2.19. The summed E-state index contributed by atoms with van der Waals surface area (Å²) in [6.07, 6.45) is 6.01. The van der Waals surface area contributed by atoms with E-state index in [2.05, 4.69) is 37.0 Å². The molecule has 72 valence electrons. The Bertz CT molecular complexity index is 254. The SMILES string of the molecule is C=CC1=C(/C=C\C)NC(N(C)C)S1. The van der Waals surface area contributed by atoms with Crippen LogP contribution in [0, 0.1) is 0 Å². The number of rotatable bonds is 3. The number of hydrogen-bond donors (Lipinski definition) is 1. The summed E-state index contributed by atoms with van der Waals surface area (Å²) in [6, 6.07) is 0. The van der Waals surface area contributed by atoms with E-state index >= 15 is 0 Å². The average molecular weight is 196 g/mol. The smallest absolute Gasteiger partial charge is 0.132 e. The first kappa shape index (κ1) is 10.4. The van der Waals surface area contributed by atoms with Crippen LogP contribution in [0.2, 0.25) is 0 Å². The maximum atomic E-state index is 3.80. The first-order valence-electron chi connectivity index (χ1n) is 4.28. The van der Waals surface area contributed by atoms with Crippen molar-refractivity contribution in [2.45, 2.75) is 12.4 Å². The summed E-state index contributed by atoms with van der Waals surface area (Å²) in [6.45, 7) is 5.81. The monoisotopic (exact) mass is 196 g/mol. The predicted octanol–water partition coefficient (Wildman–Crippen LogP) is 2.14. The summed E-state index contributed by atoms with van der Waals surface area (Å²) >= 11 is 1.79. The second kappa shape index (κ2) is 4.53. The molecular formula is C10H16N2S. The molecule has 1 unspecified atom stereocenters. The lowest BCUT2D eigenvalue weighted by atomic mass is 10.3. The van der Waals surface area contributed by atoms with E-state index in [1.165, 1.54) is 10.6 Å². The van der Waals surface area contributed by atoms with Gasteiger partial charge >= 0.3 is 0 Å². The quantitative estimate of drug-likeness (QED) is 0.744. The van der Waals surface area contributed by atoms with Gasteiger partial charge in [0.1, 0.15) is 5.50 Å². The lowest BCUT2D eigenvalue weighted by Crippen LogP contribution is -2.34. The van der Waals surface area contributed by atoms with Crippen LogP contribution in [0.5, 0.6) is 0 Å². The Morgan fingerprint density at radius 1 is 1.54 bits per heavy atom. The first-order chi connectivity index (χ1) is 6.19. The summed E-state index contributed by atoms with van der Waals surface area (Å²) in [5.41, 5.74) is 1.50. The molecule has 0 saturated carbocycles. The van der Waals surface area contributed by atoms with Crippen molar-refractivity contribution in [1.29, 1.82) is 0 Å². The van der Waals surface area contributed by atoms with Crippen LogP contribution in [0.15, 0.2) is 35.4 Å². The van der Waals surface area contributed by atoms with Gasteiger partial charge in [0.25, 0.3) is 0 Å². The second-order valence-corrected chi connectivity index (χ2v) is 4.18. The Labute approximate surface area is 84.4 Å². The highest BCUT2D eigenvalue weighted by Gasteiger charge is 2.21. The highest BCUT2D eigenvalue weighted by Crippen LogP contribution is 2.32. The molecule has 0 aliphatic carbocycles.